The van der Waals surface area contributed by atoms with Crippen LogP contribution < -0.4 is 5.32 Å². The first-order valence-electron chi connectivity index (χ1n) is 7.59. The van der Waals surface area contributed by atoms with Crippen molar-refractivity contribution in [1.29, 1.82) is 0 Å². The molecule has 0 saturated heterocycles. The number of aryl methyl sites for hydroxylation is 4. The second-order valence-electron chi connectivity index (χ2n) is 5.97. The monoisotopic (exact) mass is 285 g/mol. The van der Waals surface area contributed by atoms with E-state index in [-0.39, 0.29) is 0 Å². The number of benzene rings is 1. The van der Waals surface area contributed by atoms with Crippen LogP contribution in [-0.4, -0.2) is 0 Å². The molecule has 3 rings (SSSR count). The molecule has 0 amide bonds. The van der Waals surface area contributed by atoms with Crippen molar-refractivity contribution in [2.45, 2.75) is 52.5 Å². The second kappa shape index (κ2) is 5.61. The van der Waals surface area contributed by atoms with E-state index >= 15 is 0 Å². The first-order valence-corrected chi connectivity index (χ1v) is 8.40. The smallest absolute Gasteiger partial charge is 0.0578 e. The maximum absolute atomic E-state index is 3.65. The van der Waals surface area contributed by atoms with E-state index in [4.69, 9.17) is 0 Å². The summed E-state index contributed by atoms with van der Waals surface area (Å²) in [7, 11) is 0. The van der Waals surface area contributed by atoms with Gasteiger partial charge in [0.1, 0.15) is 0 Å². The summed E-state index contributed by atoms with van der Waals surface area (Å²) in [6.07, 6.45) is 5.30. The lowest BCUT2D eigenvalue weighted by atomic mass is 9.99. The third kappa shape index (κ3) is 2.76. The molecule has 1 aliphatic carbocycles. The van der Waals surface area contributed by atoms with Crippen LogP contribution in [0.4, 0.5) is 5.69 Å². The van der Waals surface area contributed by atoms with Crippen LogP contribution in [0.3, 0.4) is 0 Å². The average Bonchev–Trinajstić information content (AvgIpc) is 2.87. The quantitative estimate of drug-likeness (QED) is 0.794. The van der Waals surface area contributed by atoms with Crippen molar-refractivity contribution in [2.75, 3.05) is 5.32 Å². The molecule has 0 radical (unpaired) electrons. The van der Waals surface area contributed by atoms with Crippen molar-refractivity contribution in [3.8, 4) is 0 Å². The normalized spacial score (nSPS) is 15.8. The van der Waals surface area contributed by atoms with Crippen LogP contribution >= 0.6 is 11.3 Å². The maximum Gasteiger partial charge on any atom is 0.0578 e. The van der Waals surface area contributed by atoms with Crippen LogP contribution in [0, 0.1) is 13.8 Å². The number of thiophene rings is 1. The summed E-state index contributed by atoms with van der Waals surface area (Å²) in [5, 5.41) is 3.65. The van der Waals surface area contributed by atoms with Crippen LogP contribution in [-0.2, 0) is 12.8 Å². The minimum atomic E-state index is 0.396. The number of fused-ring (bicyclic) bond motifs is 1. The average molecular weight is 285 g/mol. The number of nitrogens with one attached hydrogen (secondary N) is 1. The Labute approximate surface area is 126 Å². The molecule has 0 spiro atoms. The van der Waals surface area contributed by atoms with E-state index in [0.29, 0.717) is 6.04 Å². The molecular formula is C18H23NS. The summed E-state index contributed by atoms with van der Waals surface area (Å²) in [5.41, 5.74) is 5.54. The molecule has 0 aliphatic heterocycles. The standard InChI is InChI=1S/C18H23NS/c1-12-8-9-16(10-13(12)2)19-14(3)18-11-15-6-4-5-7-17(15)20-18/h8-11,14,19H,4-7H2,1-3H3. The molecule has 1 heterocycles. The summed E-state index contributed by atoms with van der Waals surface area (Å²) in [4.78, 5) is 3.11. The highest BCUT2D eigenvalue weighted by atomic mass is 32.1. The zero-order valence-electron chi connectivity index (χ0n) is 12.6. The second-order valence-corrected chi connectivity index (χ2v) is 7.14. The van der Waals surface area contributed by atoms with Gasteiger partial charge >= 0.3 is 0 Å². The zero-order valence-corrected chi connectivity index (χ0v) is 13.4. The maximum atomic E-state index is 3.65. The molecule has 1 aliphatic rings. The van der Waals surface area contributed by atoms with E-state index in [1.54, 1.807) is 10.4 Å². The lowest BCUT2D eigenvalue weighted by Gasteiger charge is -2.15. The Morgan fingerprint density at radius 3 is 2.60 bits per heavy atom. The lowest BCUT2D eigenvalue weighted by Crippen LogP contribution is -2.05. The predicted molar refractivity (Wildman–Crippen MR) is 88.9 cm³/mol. The van der Waals surface area contributed by atoms with Crippen LogP contribution in [0.5, 0.6) is 0 Å². The number of hydrogen-bond acceptors (Lipinski definition) is 2. The number of hydrogen-bond donors (Lipinski definition) is 1. The van der Waals surface area contributed by atoms with E-state index in [1.165, 1.54) is 47.4 Å². The van der Waals surface area contributed by atoms with Crippen LogP contribution in [0.25, 0.3) is 0 Å². The van der Waals surface area contributed by atoms with Gasteiger partial charge in [-0.15, -0.1) is 11.3 Å². The summed E-state index contributed by atoms with van der Waals surface area (Å²) >= 11 is 2.01. The SMILES string of the molecule is Cc1ccc(NC(C)c2cc3c(s2)CCCC3)cc1C. The fourth-order valence-electron chi connectivity index (χ4n) is 2.88. The lowest BCUT2D eigenvalue weighted by molar-refractivity contribution is 0.696. The van der Waals surface area contributed by atoms with Crippen molar-refractivity contribution in [3.05, 3.63) is 50.7 Å². The van der Waals surface area contributed by atoms with Gasteiger partial charge in [0.05, 0.1) is 6.04 Å². The molecule has 0 fully saturated rings. The molecule has 1 nitrogen and oxygen atoms in total. The molecule has 1 N–H and O–H groups in total. The number of anilines is 1. The summed E-state index contributed by atoms with van der Waals surface area (Å²) in [6, 6.07) is 9.46. The molecule has 2 heteroatoms. The molecule has 1 atom stereocenters. The minimum Gasteiger partial charge on any atom is -0.378 e. The van der Waals surface area contributed by atoms with Crippen molar-refractivity contribution in [3.63, 3.8) is 0 Å². The number of rotatable bonds is 3. The summed E-state index contributed by atoms with van der Waals surface area (Å²) < 4.78 is 0. The largest absolute Gasteiger partial charge is 0.378 e. The Morgan fingerprint density at radius 1 is 1.05 bits per heavy atom. The van der Waals surface area contributed by atoms with Crippen molar-refractivity contribution >= 4 is 17.0 Å². The summed E-state index contributed by atoms with van der Waals surface area (Å²) in [5.74, 6) is 0. The molecule has 2 aromatic rings. The van der Waals surface area contributed by atoms with Crippen molar-refractivity contribution in [1.82, 2.24) is 0 Å². The van der Waals surface area contributed by atoms with Gasteiger partial charge in [0.15, 0.2) is 0 Å². The third-order valence-electron chi connectivity index (χ3n) is 4.33. The Kier molecular flexibility index (Phi) is 3.84. The predicted octanol–water partition coefficient (Wildman–Crippen LogP) is 5.42. The first-order chi connectivity index (χ1) is 9.63. The zero-order chi connectivity index (χ0) is 14.1. The van der Waals surface area contributed by atoms with Gasteiger partial charge in [0.25, 0.3) is 0 Å². The van der Waals surface area contributed by atoms with Crippen LogP contribution in [0.1, 0.15) is 52.3 Å². The molecule has 1 aromatic carbocycles. The van der Waals surface area contributed by atoms with Crippen molar-refractivity contribution in [2.24, 2.45) is 0 Å². The van der Waals surface area contributed by atoms with E-state index in [2.05, 4.69) is 50.4 Å². The molecule has 1 unspecified atom stereocenters. The van der Waals surface area contributed by atoms with E-state index in [0.717, 1.165) is 0 Å². The fourth-order valence-corrected chi connectivity index (χ4v) is 4.14. The van der Waals surface area contributed by atoms with Crippen LogP contribution in [0.2, 0.25) is 0 Å². The molecular weight excluding hydrogens is 262 g/mol. The van der Waals surface area contributed by atoms with Gasteiger partial charge in [-0.2, -0.15) is 0 Å². The minimum absolute atomic E-state index is 0.396. The first kappa shape index (κ1) is 13.7. The van der Waals surface area contributed by atoms with E-state index in [1.807, 2.05) is 11.3 Å². The van der Waals surface area contributed by atoms with Gasteiger partial charge in [0.2, 0.25) is 0 Å². The van der Waals surface area contributed by atoms with Gasteiger partial charge in [-0.1, -0.05) is 6.07 Å². The molecule has 0 bridgehead atoms. The molecule has 0 saturated carbocycles. The Morgan fingerprint density at radius 2 is 1.85 bits per heavy atom. The highest BCUT2D eigenvalue weighted by molar-refractivity contribution is 7.12. The molecule has 1 aromatic heterocycles. The third-order valence-corrected chi connectivity index (χ3v) is 5.75. The van der Waals surface area contributed by atoms with Gasteiger partial charge in [-0.25, -0.2) is 0 Å². The fraction of sp³-hybridized carbons (Fsp3) is 0.444. The summed E-state index contributed by atoms with van der Waals surface area (Å²) in [6.45, 7) is 6.61. The van der Waals surface area contributed by atoms with Gasteiger partial charge in [-0.05, 0) is 81.3 Å². The van der Waals surface area contributed by atoms with Gasteiger partial charge in [0, 0.05) is 15.4 Å². The van der Waals surface area contributed by atoms with Gasteiger partial charge in [-0.3, -0.25) is 0 Å². The molecule has 20 heavy (non-hydrogen) atoms. The van der Waals surface area contributed by atoms with Crippen LogP contribution in [0.15, 0.2) is 24.3 Å². The van der Waals surface area contributed by atoms with E-state index < -0.39 is 0 Å². The van der Waals surface area contributed by atoms with Gasteiger partial charge < -0.3 is 5.32 Å². The van der Waals surface area contributed by atoms with E-state index in [9.17, 15) is 0 Å². The Balaban J connectivity index is 1.76. The highest BCUT2D eigenvalue weighted by Gasteiger charge is 2.16. The molecule has 106 valence electrons. The Hall–Kier alpha value is -1.28. The Bertz CT molecular complexity index is 588. The topological polar surface area (TPSA) is 12.0 Å². The highest BCUT2D eigenvalue weighted by Crippen LogP contribution is 2.34. The van der Waals surface area contributed by atoms with Crippen molar-refractivity contribution < 1.29 is 0 Å².